The number of benzene rings is 1. The van der Waals surface area contributed by atoms with Crippen LogP contribution >= 0.6 is 0 Å². The Hall–Kier alpha value is -0.860. The number of aryl methyl sites for hydroxylation is 2. The number of fused-ring (bicyclic) bond motifs is 1. The maximum absolute atomic E-state index is 5.45. The van der Waals surface area contributed by atoms with E-state index in [0.29, 0.717) is 6.04 Å². The summed E-state index contributed by atoms with van der Waals surface area (Å²) in [6.45, 7) is 7.32. The van der Waals surface area contributed by atoms with E-state index in [4.69, 9.17) is 4.74 Å². The molecule has 1 aromatic rings. The minimum absolute atomic E-state index is 0.109. The van der Waals surface area contributed by atoms with E-state index >= 15 is 0 Å². The molecule has 0 fully saturated rings. The van der Waals surface area contributed by atoms with Crippen molar-refractivity contribution in [2.24, 2.45) is 0 Å². The smallest absolute Gasteiger partial charge is 0.0746 e. The lowest BCUT2D eigenvalue weighted by Gasteiger charge is -2.26. The molecule has 1 N–H and O–H groups in total. The molecule has 0 bridgehead atoms. The molecule has 1 aliphatic rings. The van der Waals surface area contributed by atoms with E-state index in [2.05, 4.69) is 44.3 Å². The van der Waals surface area contributed by atoms with E-state index < -0.39 is 0 Å². The van der Waals surface area contributed by atoms with Crippen molar-refractivity contribution in [3.63, 3.8) is 0 Å². The molecule has 2 heteroatoms. The number of methoxy groups -OCH3 is 1. The van der Waals surface area contributed by atoms with Crippen LogP contribution in [0.4, 0.5) is 0 Å². The summed E-state index contributed by atoms with van der Waals surface area (Å²) in [6.07, 6.45) is 5.20. The van der Waals surface area contributed by atoms with Gasteiger partial charge in [-0.25, -0.2) is 0 Å². The average Bonchev–Trinajstić information content (AvgIpc) is 2.44. The molecule has 0 aliphatic heterocycles. The van der Waals surface area contributed by atoms with E-state index in [1.165, 1.54) is 31.2 Å². The molecule has 1 atom stereocenters. The summed E-state index contributed by atoms with van der Waals surface area (Å²) in [5.74, 6) is 0. The van der Waals surface area contributed by atoms with Gasteiger partial charge in [-0.05, 0) is 63.1 Å². The highest BCUT2D eigenvalue weighted by Gasteiger charge is 2.18. The van der Waals surface area contributed by atoms with Crippen molar-refractivity contribution in [3.8, 4) is 0 Å². The highest BCUT2D eigenvalue weighted by atomic mass is 16.5. The van der Waals surface area contributed by atoms with Crippen LogP contribution in [0.15, 0.2) is 18.2 Å². The zero-order valence-corrected chi connectivity index (χ0v) is 12.8. The summed E-state index contributed by atoms with van der Waals surface area (Å²) in [7, 11) is 1.77. The first kappa shape index (κ1) is 14.5. The third-order valence-electron chi connectivity index (χ3n) is 4.26. The maximum Gasteiger partial charge on any atom is 0.0746 e. The predicted molar refractivity (Wildman–Crippen MR) is 80.6 cm³/mol. The van der Waals surface area contributed by atoms with E-state index in [1.807, 2.05) is 0 Å². The molecule has 2 nitrogen and oxygen atoms in total. The van der Waals surface area contributed by atoms with Gasteiger partial charge in [0.25, 0.3) is 0 Å². The number of hydrogen-bond acceptors (Lipinski definition) is 2. The molecule has 0 heterocycles. The number of hydrogen-bond donors (Lipinski definition) is 1. The van der Waals surface area contributed by atoms with Crippen LogP contribution in [0.1, 0.15) is 56.3 Å². The van der Waals surface area contributed by atoms with Gasteiger partial charge in [0, 0.05) is 19.7 Å². The Bertz CT molecular complexity index is 425. The first-order valence-corrected chi connectivity index (χ1v) is 7.42. The first-order valence-electron chi connectivity index (χ1n) is 7.42. The van der Waals surface area contributed by atoms with Gasteiger partial charge >= 0.3 is 0 Å². The van der Waals surface area contributed by atoms with Crippen LogP contribution in [0.2, 0.25) is 0 Å². The Balaban J connectivity index is 2.01. The van der Waals surface area contributed by atoms with Crippen LogP contribution in [0.5, 0.6) is 0 Å². The maximum atomic E-state index is 5.45. The Morgan fingerprint density at radius 3 is 2.58 bits per heavy atom. The van der Waals surface area contributed by atoms with Crippen molar-refractivity contribution in [2.75, 3.05) is 13.7 Å². The normalized spacial score (nSPS) is 17.1. The summed E-state index contributed by atoms with van der Waals surface area (Å²) in [4.78, 5) is 0. The first-order chi connectivity index (χ1) is 9.02. The van der Waals surface area contributed by atoms with Gasteiger partial charge in [0.2, 0.25) is 0 Å². The topological polar surface area (TPSA) is 21.3 Å². The third kappa shape index (κ3) is 3.80. The van der Waals surface area contributed by atoms with E-state index in [9.17, 15) is 0 Å². The monoisotopic (exact) mass is 261 g/mol. The molecule has 0 aromatic heterocycles. The molecular formula is C17H27NO. The summed E-state index contributed by atoms with van der Waals surface area (Å²) in [5, 5.41) is 3.57. The number of nitrogens with one attached hydrogen (secondary N) is 1. The van der Waals surface area contributed by atoms with Gasteiger partial charge in [-0.3, -0.25) is 0 Å². The van der Waals surface area contributed by atoms with Crippen LogP contribution in [-0.2, 0) is 17.6 Å². The summed E-state index contributed by atoms with van der Waals surface area (Å²) >= 11 is 0. The van der Waals surface area contributed by atoms with Crippen LogP contribution in [-0.4, -0.2) is 19.3 Å². The van der Waals surface area contributed by atoms with Crippen molar-refractivity contribution in [1.29, 1.82) is 0 Å². The Morgan fingerprint density at radius 2 is 1.89 bits per heavy atom. The Kier molecular flexibility index (Phi) is 4.64. The Labute approximate surface area is 117 Å². The lowest BCUT2D eigenvalue weighted by atomic mass is 9.89. The van der Waals surface area contributed by atoms with Crippen molar-refractivity contribution < 1.29 is 4.74 Å². The zero-order valence-electron chi connectivity index (χ0n) is 12.8. The summed E-state index contributed by atoms with van der Waals surface area (Å²) in [6, 6.07) is 7.37. The minimum atomic E-state index is -0.109. The summed E-state index contributed by atoms with van der Waals surface area (Å²) < 4.78 is 5.45. The summed E-state index contributed by atoms with van der Waals surface area (Å²) in [5.41, 5.74) is 4.40. The lowest BCUT2D eigenvalue weighted by molar-refractivity contribution is 0.0214. The quantitative estimate of drug-likeness (QED) is 0.873. The second-order valence-corrected chi connectivity index (χ2v) is 6.30. The Morgan fingerprint density at radius 1 is 1.21 bits per heavy atom. The van der Waals surface area contributed by atoms with Crippen molar-refractivity contribution >= 4 is 0 Å². The van der Waals surface area contributed by atoms with Crippen LogP contribution in [0.3, 0.4) is 0 Å². The van der Waals surface area contributed by atoms with Gasteiger partial charge in [-0.2, -0.15) is 0 Å². The van der Waals surface area contributed by atoms with Crippen molar-refractivity contribution in [3.05, 3.63) is 34.9 Å². The van der Waals surface area contributed by atoms with Crippen molar-refractivity contribution in [1.82, 2.24) is 5.32 Å². The predicted octanol–water partition coefficient (Wildman–Crippen LogP) is 3.64. The highest BCUT2D eigenvalue weighted by molar-refractivity contribution is 5.35. The second kappa shape index (κ2) is 6.06. The van der Waals surface area contributed by atoms with Crippen LogP contribution < -0.4 is 5.32 Å². The molecule has 19 heavy (non-hydrogen) atoms. The molecule has 0 saturated carbocycles. The second-order valence-electron chi connectivity index (χ2n) is 6.30. The van der Waals surface area contributed by atoms with E-state index in [1.54, 1.807) is 18.2 Å². The average molecular weight is 261 g/mol. The lowest BCUT2D eigenvalue weighted by Crippen LogP contribution is -2.37. The van der Waals surface area contributed by atoms with Gasteiger partial charge in [0.1, 0.15) is 0 Å². The molecule has 1 aromatic carbocycles. The third-order valence-corrected chi connectivity index (χ3v) is 4.26. The SMILES string of the molecule is COC(C)(C)CNC(C)c1ccc2c(c1)CCCC2. The molecular weight excluding hydrogens is 234 g/mol. The van der Waals surface area contributed by atoms with Gasteiger partial charge in [-0.15, -0.1) is 0 Å². The molecule has 1 unspecified atom stereocenters. The molecule has 1 aliphatic carbocycles. The van der Waals surface area contributed by atoms with Crippen LogP contribution in [0.25, 0.3) is 0 Å². The van der Waals surface area contributed by atoms with Gasteiger partial charge in [-0.1, -0.05) is 18.2 Å². The molecule has 0 spiro atoms. The molecule has 2 rings (SSSR count). The van der Waals surface area contributed by atoms with Crippen molar-refractivity contribution in [2.45, 2.75) is 58.1 Å². The largest absolute Gasteiger partial charge is 0.377 e. The molecule has 0 radical (unpaired) electrons. The van der Waals surface area contributed by atoms with Gasteiger partial charge in [0.05, 0.1) is 5.60 Å². The minimum Gasteiger partial charge on any atom is -0.377 e. The highest BCUT2D eigenvalue weighted by Crippen LogP contribution is 2.25. The number of rotatable bonds is 5. The fourth-order valence-electron chi connectivity index (χ4n) is 2.61. The van der Waals surface area contributed by atoms with Gasteiger partial charge < -0.3 is 10.1 Å². The van der Waals surface area contributed by atoms with E-state index in [-0.39, 0.29) is 5.60 Å². The standard InChI is InChI=1S/C17H27NO/c1-13(18-12-17(2,3)19-4)15-10-9-14-7-5-6-8-16(14)11-15/h9-11,13,18H,5-8,12H2,1-4H3. The molecule has 0 saturated heterocycles. The molecule has 0 amide bonds. The van der Waals surface area contributed by atoms with E-state index in [0.717, 1.165) is 6.54 Å². The van der Waals surface area contributed by atoms with Gasteiger partial charge in [0.15, 0.2) is 0 Å². The van der Waals surface area contributed by atoms with Crippen LogP contribution in [0, 0.1) is 0 Å². The fraction of sp³-hybridized carbons (Fsp3) is 0.647. The fourth-order valence-corrected chi connectivity index (χ4v) is 2.61. The zero-order chi connectivity index (χ0) is 13.9. The number of ether oxygens (including phenoxy) is 1. The molecule has 106 valence electrons.